The number of hydrogen-bond donors (Lipinski definition) is 2. The van der Waals surface area contributed by atoms with E-state index in [2.05, 4.69) is 10.3 Å². The van der Waals surface area contributed by atoms with Gasteiger partial charge in [0.2, 0.25) is 0 Å². The second-order valence-electron chi connectivity index (χ2n) is 4.38. The third-order valence-electron chi connectivity index (χ3n) is 2.94. The van der Waals surface area contributed by atoms with E-state index >= 15 is 0 Å². The Hall–Kier alpha value is -2.27. The number of carbonyl (C=O) groups is 1. The van der Waals surface area contributed by atoms with Crippen LogP contribution in [0.5, 0.6) is 0 Å². The number of nitrogens with zero attached hydrogens (tertiary/aromatic N) is 1. The van der Waals surface area contributed by atoms with Crippen molar-refractivity contribution in [2.45, 2.75) is 13.5 Å². The first-order chi connectivity index (χ1) is 9.58. The van der Waals surface area contributed by atoms with Crippen molar-refractivity contribution >= 4 is 23.1 Å². The molecule has 0 spiro atoms. The van der Waals surface area contributed by atoms with Gasteiger partial charge in [-0.15, -0.1) is 0 Å². The molecule has 20 heavy (non-hydrogen) atoms. The van der Waals surface area contributed by atoms with Gasteiger partial charge in [-0.05, 0) is 24.6 Å². The van der Waals surface area contributed by atoms with Crippen LogP contribution in [0.1, 0.15) is 27.2 Å². The van der Waals surface area contributed by atoms with Gasteiger partial charge in [-0.2, -0.15) is 0 Å². The van der Waals surface area contributed by atoms with Crippen molar-refractivity contribution in [3.8, 4) is 0 Å². The molecule has 0 saturated heterocycles. The fourth-order valence-corrected chi connectivity index (χ4v) is 1.92. The molecule has 0 aliphatic rings. The zero-order chi connectivity index (χ0) is 14.5. The minimum absolute atomic E-state index is 0.131. The average molecular weight is 285 g/mol. The minimum atomic E-state index is -0.131. The predicted octanol–water partition coefficient (Wildman–Crippen LogP) is 1.95. The molecule has 5 heteroatoms. The van der Waals surface area contributed by atoms with E-state index in [1.165, 1.54) is 0 Å². The molecule has 3 N–H and O–H groups in total. The van der Waals surface area contributed by atoms with Gasteiger partial charge in [0.15, 0.2) is 0 Å². The molecule has 4 nitrogen and oxygen atoms in total. The molecule has 0 aliphatic heterocycles. The molecule has 0 atom stereocenters. The predicted molar refractivity (Wildman–Crippen MR) is 82.5 cm³/mol. The van der Waals surface area contributed by atoms with Crippen molar-refractivity contribution in [2.75, 3.05) is 0 Å². The summed E-state index contributed by atoms with van der Waals surface area (Å²) in [7, 11) is 0. The zero-order valence-electron chi connectivity index (χ0n) is 11.1. The molecule has 1 aromatic carbocycles. The van der Waals surface area contributed by atoms with E-state index in [0.717, 1.165) is 11.1 Å². The molecule has 0 saturated carbocycles. The van der Waals surface area contributed by atoms with E-state index < -0.39 is 0 Å². The quantitative estimate of drug-likeness (QED) is 0.843. The molecule has 0 fully saturated rings. The largest absolute Gasteiger partial charge is 0.389 e. The van der Waals surface area contributed by atoms with Gasteiger partial charge in [0.1, 0.15) is 4.99 Å². The number of aryl methyl sites for hydroxylation is 1. The molecule has 2 rings (SSSR count). The van der Waals surface area contributed by atoms with Crippen molar-refractivity contribution in [3.05, 3.63) is 65.0 Å². The maximum atomic E-state index is 12.0. The first-order valence-corrected chi connectivity index (χ1v) is 6.57. The number of rotatable bonds is 4. The normalized spacial score (nSPS) is 10.1. The van der Waals surface area contributed by atoms with Crippen LogP contribution < -0.4 is 11.1 Å². The van der Waals surface area contributed by atoms with Crippen LogP contribution in [0.2, 0.25) is 0 Å². The Morgan fingerprint density at radius 2 is 2.00 bits per heavy atom. The molecular weight excluding hydrogens is 270 g/mol. The monoisotopic (exact) mass is 285 g/mol. The van der Waals surface area contributed by atoms with Crippen molar-refractivity contribution in [1.29, 1.82) is 0 Å². The van der Waals surface area contributed by atoms with E-state index in [0.29, 0.717) is 22.8 Å². The van der Waals surface area contributed by atoms with Gasteiger partial charge in [0.05, 0.1) is 5.56 Å². The van der Waals surface area contributed by atoms with Gasteiger partial charge in [-0.1, -0.05) is 36.5 Å². The summed E-state index contributed by atoms with van der Waals surface area (Å²) in [6, 6.07) is 11.0. The van der Waals surface area contributed by atoms with Gasteiger partial charge in [0.25, 0.3) is 5.91 Å². The first-order valence-electron chi connectivity index (χ1n) is 6.16. The fraction of sp³-hybridized carbons (Fsp3) is 0.133. The first kappa shape index (κ1) is 14.1. The minimum Gasteiger partial charge on any atom is -0.389 e. The SMILES string of the molecule is Cc1ncccc1C(=O)NCc1ccc(C(N)=S)cc1. The molecule has 0 radical (unpaired) electrons. The Balaban J connectivity index is 2.00. The smallest absolute Gasteiger partial charge is 0.253 e. The standard InChI is InChI=1S/C15H15N3OS/c1-10-13(3-2-8-17-10)15(19)18-9-11-4-6-12(7-5-11)14(16)20/h2-8H,9H2,1H3,(H2,16,20)(H,18,19). The Bertz CT molecular complexity index is 638. The van der Waals surface area contributed by atoms with Crippen molar-refractivity contribution in [1.82, 2.24) is 10.3 Å². The van der Waals surface area contributed by atoms with Crippen LogP contribution in [0.25, 0.3) is 0 Å². The number of carbonyl (C=O) groups excluding carboxylic acids is 1. The summed E-state index contributed by atoms with van der Waals surface area (Å²) in [5.74, 6) is -0.131. The van der Waals surface area contributed by atoms with E-state index in [9.17, 15) is 4.79 Å². The summed E-state index contributed by atoms with van der Waals surface area (Å²) < 4.78 is 0. The highest BCUT2D eigenvalue weighted by molar-refractivity contribution is 7.80. The molecule has 1 aromatic heterocycles. The van der Waals surface area contributed by atoms with E-state index in [1.54, 1.807) is 18.3 Å². The lowest BCUT2D eigenvalue weighted by Crippen LogP contribution is -2.23. The highest BCUT2D eigenvalue weighted by Crippen LogP contribution is 2.06. The lowest BCUT2D eigenvalue weighted by atomic mass is 10.1. The molecule has 0 unspecified atom stereocenters. The third-order valence-corrected chi connectivity index (χ3v) is 3.18. The van der Waals surface area contributed by atoms with Crippen LogP contribution in [0.3, 0.4) is 0 Å². The van der Waals surface area contributed by atoms with Crippen LogP contribution in [0.4, 0.5) is 0 Å². The molecule has 0 bridgehead atoms. The lowest BCUT2D eigenvalue weighted by molar-refractivity contribution is 0.0950. The molecule has 2 aromatic rings. The van der Waals surface area contributed by atoms with Crippen molar-refractivity contribution in [3.63, 3.8) is 0 Å². The number of thiocarbonyl (C=S) groups is 1. The number of hydrogen-bond acceptors (Lipinski definition) is 3. The average Bonchev–Trinajstić information content (AvgIpc) is 2.45. The number of nitrogens with two attached hydrogens (primary N) is 1. The molecule has 1 heterocycles. The molecule has 102 valence electrons. The van der Waals surface area contributed by atoms with Gasteiger partial charge >= 0.3 is 0 Å². The number of amides is 1. The Morgan fingerprint density at radius 1 is 1.30 bits per heavy atom. The van der Waals surface area contributed by atoms with Gasteiger partial charge in [-0.3, -0.25) is 9.78 Å². The van der Waals surface area contributed by atoms with Gasteiger partial charge in [0, 0.05) is 24.0 Å². The molecular formula is C15H15N3OS. The third kappa shape index (κ3) is 3.39. The lowest BCUT2D eigenvalue weighted by Gasteiger charge is -2.07. The van der Waals surface area contributed by atoms with Crippen LogP contribution >= 0.6 is 12.2 Å². The summed E-state index contributed by atoms with van der Waals surface area (Å²) in [5, 5.41) is 2.86. The Kier molecular flexibility index (Phi) is 4.42. The molecule has 0 aliphatic carbocycles. The summed E-state index contributed by atoms with van der Waals surface area (Å²) >= 11 is 4.89. The molecule has 1 amide bonds. The van der Waals surface area contributed by atoms with E-state index in [4.69, 9.17) is 18.0 Å². The van der Waals surface area contributed by atoms with Crippen LogP contribution in [0.15, 0.2) is 42.6 Å². The van der Waals surface area contributed by atoms with E-state index in [-0.39, 0.29) is 5.91 Å². The van der Waals surface area contributed by atoms with Crippen LogP contribution in [-0.4, -0.2) is 15.9 Å². The number of pyridine rings is 1. The maximum Gasteiger partial charge on any atom is 0.253 e. The summed E-state index contributed by atoms with van der Waals surface area (Å²) in [4.78, 5) is 16.5. The highest BCUT2D eigenvalue weighted by atomic mass is 32.1. The summed E-state index contributed by atoms with van der Waals surface area (Å²) in [5.41, 5.74) is 8.64. The van der Waals surface area contributed by atoms with Crippen LogP contribution in [0, 0.1) is 6.92 Å². The summed E-state index contributed by atoms with van der Waals surface area (Å²) in [6.45, 7) is 2.26. The number of benzene rings is 1. The number of aromatic nitrogens is 1. The number of nitrogens with one attached hydrogen (secondary N) is 1. The van der Waals surface area contributed by atoms with Gasteiger partial charge < -0.3 is 11.1 Å². The van der Waals surface area contributed by atoms with Crippen molar-refractivity contribution < 1.29 is 4.79 Å². The van der Waals surface area contributed by atoms with Crippen molar-refractivity contribution in [2.24, 2.45) is 5.73 Å². The van der Waals surface area contributed by atoms with Crippen LogP contribution in [-0.2, 0) is 6.54 Å². The Morgan fingerprint density at radius 3 is 2.60 bits per heavy atom. The second-order valence-corrected chi connectivity index (χ2v) is 4.82. The zero-order valence-corrected chi connectivity index (χ0v) is 11.9. The summed E-state index contributed by atoms with van der Waals surface area (Å²) in [6.07, 6.45) is 1.67. The highest BCUT2D eigenvalue weighted by Gasteiger charge is 2.08. The maximum absolute atomic E-state index is 12.0. The topological polar surface area (TPSA) is 68.0 Å². The van der Waals surface area contributed by atoms with E-state index in [1.807, 2.05) is 31.2 Å². The second kappa shape index (κ2) is 6.25. The Labute approximate surface area is 123 Å². The van der Waals surface area contributed by atoms with Gasteiger partial charge in [-0.25, -0.2) is 0 Å². The fourth-order valence-electron chi connectivity index (χ4n) is 1.79.